The number of carbonyl (C=O) groups is 2. The van der Waals surface area contributed by atoms with Crippen LogP contribution in [0.3, 0.4) is 0 Å². The van der Waals surface area contributed by atoms with Gasteiger partial charge in [0.25, 0.3) is 0 Å². The summed E-state index contributed by atoms with van der Waals surface area (Å²) in [5.41, 5.74) is 0.744. The Bertz CT molecular complexity index is 699. The number of ether oxygens (including phenoxy) is 3. The molecule has 4 N–H and O–H groups in total. The number of aliphatic hydroxyl groups is 3. The minimum Gasteiger partial charge on any atom is -0.481 e. The predicted molar refractivity (Wildman–Crippen MR) is 129 cm³/mol. The Morgan fingerprint density at radius 1 is 1.08 bits per heavy atom. The summed E-state index contributed by atoms with van der Waals surface area (Å²) in [6.07, 6.45) is 4.09. The van der Waals surface area contributed by atoms with E-state index < -0.39 is 48.6 Å². The average molecular weight is 552 g/mol. The third-order valence-electron chi connectivity index (χ3n) is 7.17. The number of hydrogen-bond donors (Lipinski definition) is 4. The summed E-state index contributed by atoms with van der Waals surface area (Å²) in [5, 5.41) is 39.7. The first-order chi connectivity index (χ1) is 16.6. The summed E-state index contributed by atoms with van der Waals surface area (Å²) < 4.78 is 17.1. The first kappa shape index (κ1) is 33.1. The van der Waals surface area contributed by atoms with Gasteiger partial charge in [-0.1, -0.05) is 38.2 Å². The molecule has 0 saturated carbocycles. The van der Waals surface area contributed by atoms with E-state index in [0.29, 0.717) is 32.5 Å². The minimum atomic E-state index is -0.873. The normalized spacial score (nSPS) is 28.5. The van der Waals surface area contributed by atoms with Crippen molar-refractivity contribution in [1.82, 2.24) is 0 Å². The fourth-order valence-electron chi connectivity index (χ4n) is 4.78. The Morgan fingerprint density at radius 2 is 1.72 bits per heavy atom. The molecule has 0 bridgehead atoms. The number of carbonyl (C=O) groups excluding carboxylic acids is 1. The van der Waals surface area contributed by atoms with Gasteiger partial charge in [-0.05, 0) is 39.5 Å². The van der Waals surface area contributed by atoms with Crippen LogP contribution in [0, 0.1) is 11.8 Å². The van der Waals surface area contributed by atoms with Crippen LogP contribution >= 0.6 is 0 Å². The molecule has 0 spiro atoms. The number of carboxylic acids is 1. The van der Waals surface area contributed by atoms with Crippen LogP contribution in [0.2, 0.25) is 0 Å². The van der Waals surface area contributed by atoms with Gasteiger partial charge in [-0.15, -0.1) is 0 Å². The van der Waals surface area contributed by atoms with E-state index in [2.05, 4.69) is 0 Å². The van der Waals surface area contributed by atoms with E-state index >= 15 is 0 Å². The van der Waals surface area contributed by atoms with Crippen LogP contribution in [0.25, 0.3) is 0 Å². The van der Waals surface area contributed by atoms with Crippen molar-refractivity contribution < 1.29 is 62.8 Å². The van der Waals surface area contributed by atoms with Gasteiger partial charge in [0, 0.05) is 42.9 Å². The monoisotopic (exact) mass is 551 g/mol. The number of aliphatic carboxylic acids is 1. The average Bonchev–Trinajstić information content (AvgIpc) is 3.23. The van der Waals surface area contributed by atoms with Gasteiger partial charge in [-0.3, -0.25) is 4.79 Å². The third-order valence-corrected chi connectivity index (χ3v) is 7.17. The van der Waals surface area contributed by atoms with Crippen LogP contribution < -0.4 is 0 Å². The number of carboxylic acid groups (broad SMARTS) is 1. The Balaban J connectivity index is 0.00000648. The van der Waals surface area contributed by atoms with Crippen LogP contribution in [-0.4, -0.2) is 82.2 Å². The van der Waals surface area contributed by atoms with E-state index in [1.807, 2.05) is 0 Å². The van der Waals surface area contributed by atoms with Crippen LogP contribution in [0.1, 0.15) is 78.6 Å². The zero-order chi connectivity index (χ0) is 26.0. The van der Waals surface area contributed by atoms with Crippen molar-refractivity contribution in [2.24, 2.45) is 11.8 Å². The molecular formula is C26H44O9V. The molecule has 0 aromatic heterocycles. The van der Waals surface area contributed by atoms with Gasteiger partial charge < -0.3 is 34.6 Å². The number of unbranched alkanes of at least 4 members (excludes halogenated alkanes) is 5. The van der Waals surface area contributed by atoms with Crippen LogP contribution in [0.4, 0.5) is 0 Å². The summed E-state index contributed by atoms with van der Waals surface area (Å²) in [6, 6.07) is 0. The van der Waals surface area contributed by atoms with Crippen LogP contribution in [-0.2, 0) is 42.4 Å². The maximum Gasteiger partial charge on any atom is 0.330 e. The second kappa shape index (κ2) is 16.8. The molecule has 8 unspecified atom stereocenters. The quantitative estimate of drug-likeness (QED) is 0.137. The number of hydrogen-bond acceptors (Lipinski definition) is 8. The molecule has 2 aliphatic heterocycles. The summed E-state index contributed by atoms with van der Waals surface area (Å²) >= 11 is 0. The molecule has 1 radical (unpaired) electrons. The Kier molecular flexibility index (Phi) is 15.5. The van der Waals surface area contributed by atoms with E-state index in [1.54, 1.807) is 20.8 Å². The number of esters is 1. The molecular weight excluding hydrogens is 507 g/mol. The molecule has 0 aromatic carbocycles. The smallest absolute Gasteiger partial charge is 0.330 e. The molecule has 207 valence electrons. The largest absolute Gasteiger partial charge is 0.481 e. The van der Waals surface area contributed by atoms with Crippen molar-refractivity contribution in [3.05, 3.63) is 11.6 Å². The summed E-state index contributed by atoms with van der Waals surface area (Å²) in [6.45, 7) is 5.96. The van der Waals surface area contributed by atoms with Gasteiger partial charge in [-0.2, -0.15) is 0 Å². The van der Waals surface area contributed by atoms with E-state index in [1.165, 1.54) is 6.08 Å². The second-order valence-corrected chi connectivity index (χ2v) is 10.2. The molecule has 2 heterocycles. The molecule has 2 saturated heterocycles. The Morgan fingerprint density at radius 3 is 2.36 bits per heavy atom. The standard InChI is InChI=1S/C26H44O9.V/c1-16(13-23(30)33-11-9-7-5-4-6-8-10-22(28)29)12-20-25(32)26-19(15-34-20)14-21(35-26)24(31)17(2)18(3)27;/h13,17-21,24-27,31-32H,4-12,14-15H2,1-3H3,(H,28,29);/b16-13+;. The van der Waals surface area contributed by atoms with Gasteiger partial charge >= 0.3 is 11.9 Å². The maximum absolute atomic E-state index is 12.1. The minimum absolute atomic E-state index is 0. The van der Waals surface area contributed by atoms with E-state index in [0.717, 1.165) is 37.7 Å². The van der Waals surface area contributed by atoms with Gasteiger partial charge in [0.15, 0.2) is 0 Å². The van der Waals surface area contributed by atoms with Crippen LogP contribution in [0.5, 0.6) is 0 Å². The summed E-state index contributed by atoms with van der Waals surface area (Å²) in [4.78, 5) is 22.6. The van der Waals surface area contributed by atoms with Crippen molar-refractivity contribution in [2.45, 2.75) is 115 Å². The van der Waals surface area contributed by atoms with Crippen molar-refractivity contribution in [3.63, 3.8) is 0 Å². The zero-order valence-electron chi connectivity index (χ0n) is 21.8. The van der Waals surface area contributed by atoms with Gasteiger partial charge in [0.2, 0.25) is 0 Å². The topological polar surface area (TPSA) is 143 Å². The third kappa shape index (κ3) is 10.8. The first-order valence-corrected chi connectivity index (χ1v) is 13.0. The van der Waals surface area contributed by atoms with Gasteiger partial charge in [-0.25, -0.2) is 4.79 Å². The second-order valence-electron chi connectivity index (χ2n) is 10.2. The van der Waals surface area contributed by atoms with Gasteiger partial charge in [0.1, 0.15) is 6.10 Å². The number of aliphatic hydroxyl groups excluding tert-OH is 3. The zero-order valence-corrected chi connectivity index (χ0v) is 23.1. The van der Waals surface area contributed by atoms with Crippen molar-refractivity contribution in [2.75, 3.05) is 13.2 Å². The van der Waals surface area contributed by atoms with Gasteiger partial charge in [0.05, 0.1) is 43.7 Å². The molecule has 0 amide bonds. The SMILES string of the molecule is C/C(=C\C(=O)OCCCCCCCCC(=O)O)CC1OCC2CC(C(O)C(C)C(C)O)OC2C1O.[V]. The molecule has 10 heteroatoms. The number of rotatable bonds is 15. The first-order valence-electron chi connectivity index (χ1n) is 13.0. The number of fused-ring (bicyclic) bond motifs is 1. The van der Waals surface area contributed by atoms with E-state index in [4.69, 9.17) is 19.3 Å². The van der Waals surface area contributed by atoms with E-state index in [9.17, 15) is 24.9 Å². The molecule has 36 heavy (non-hydrogen) atoms. The molecule has 0 aromatic rings. The van der Waals surface area contributed by atoms with Crippen LogP contribution in [0.15, 0.2) is 11.6 Å². The molecule has 0 aliphatic carbocycles. The van der Waals surface area contributed by atoms with Crippen molar-refractivity contribution in [3.8, 4) is 0 Å². The molecule has 8 atom stereocenters. The summed E-state index contributed by atoms with van der Waals surface area (Å²) in [7, 11) is 0. The Labute approximate surface area is 226 Å². The van der Waals surface area contributed by atoms with Crippen molar-refractivity contribution >= 4 is 11.9 Å². The fourth-order valence-corrected chi connectivity index (χ4v) is 4.78. The molecule has 2 rings (SSSR count). The Hall–Kier alpha value is -0.936. The molecule has 2 fully saturated rings. The molecule has 2 aliphatic rings. The molecule has 9 nitrogen and oxygen atoms in total. The fraction of sp³-hybridized carbons (Fsp3) is 0.846. The predicted octanol–water partition coefficient (Wildman–Crippen LogP) is 2.59. The van der Waals surface area contributed by atoms with E-state index in [-0.39, 0.29) is 36.8 Å². The summed E-state index contributed by atoms with van der Waals surface area (Å²) in [5.74, 6) is -1.53. The van der Waals surface area contributed by atoms with Crippen molar-refractivity contribution in [1.29, 1.82) is 0 Å². The maximum atomic E-state index is 12.1.